The fraction of sp³-hybridized carbons (Fsp3) is 0.533. The Kier molecular flexibility index (Phi) is 6.82. The van der Waals surface area contributed by atoms with Crippen LogP contribution in [0.25, 0.3) is 0 Å². The predicted molar refractivity (Wildman–Crippen MR) is 83.9 cm³/mol. The van der Waals surface area contributed by atoms with Crippen LogP contribution in [0.2, 0.25) is 0 Å². The van der Waals surface area contributed by atoms with Gasteiger partial charge in [0, 0.05) is 18.3 Å². The highest BCUT2D eigenvalue weighted by Crippen LogP contribution is 2.22. The quantitative estimate of drug-likeness (QED) is 0.867. The first kappa shape index (κ1) is 16.8. The lowest BCUT2D eigenvalue weighted by Crippen LogP contribution is -2.43. The summed E-state index contributed by atoms with van der Waals surface area (Å²) in [5.74, 6) is -0.281. The van der Waals surface area contributed by atoms with Crippen molar-refractivity contribution >= 4 is 24.1 Å². The Balaban J connectivity index is 0.00000200. The van der Waals surface area contributed by atoms with E-state index in [0.29, 0.717) is 11.6 Å². The van der Waals surface area contributed by atoms with Gasteiger partial charge in [0.05, 0.1) is 12.7 Å². The maximum atomic E-state index is 11.4. The average Bonchev–Trinajstić information content (AvgIpc) is 2.49. The third-order valence-electron chi connectivity index (χ3n) is 3.71. The molecule has 112 valence electrons. The zero-order chi connectivity index (χ0) is 13.7. The number of carbonyl (C=O) groups excluding carboxylic acids is 1. The molecule has 1 fully saturated rings. The van der Waals surface area contributed by atoms with E-state index in [0.717, 1.165) is 19.6 Å². The Morgan fingerprint density at radius 1 is 1.30 bits per heavy atom. The summed E-state index contributed by atoms with van der Waals surface area (Å²) in [6.07, 6.45) is 2.35. The van der Waals surface area contributed by atoms with Crippen molar-refractivity contribution in [1.29, 1.82) is 0 Å². The second kappa shape index (κ2) is 8.12. The molecule has 1 aliphatic rings. The molecule has 0 spiro atoms. The number of anilines is 1. The van der Waals surface area contributed by atoms with Gasteiger partial charge in [-0.1, -0.05) is 0 Å². The lowest BCUT2D eigenvalue weighted by atomic mass is 10.0. The summed E-state index contributed by atoms with van der Waals surface area (Å²) in [5, 5.41) is 3.39. The van der Waals surface area contributed by atoms with Gasteiger partial charge < -0.3 is 15.0 Å². The van der Waals surface area contributed by atoms with E-state index in [1.807, 2.05) is 24.3 Å². The number of methoxy groups -OCH3 is 1. The van der Waals surface area contributed by atoms with E-state index < -0.39 is 0 Å². The number of rotatable bonds is 4. The van der Waals surface area contributed by atoms with Crippen LogP contribution < -0.4 is 10.2 Å². The summed E-state index contributed by atoms with van der Waals surface area (Å²) in [6.45, 7) is 5.33. The number of ether oxygens (including phenoxy) is 1. The number of esters is 1. The van der Waals surface area contributed by atoms with Gasteiger partial charge in [0.2, 0.25) is 0 Å². The molecule has 20 heavy (non-hydrogen) atoms. The number of piperidine rings is 1. The van der Waals surface area contributed by atoms with Crippen LogP contribution >= 0.6 is 12.4 Å². The lowest BCUT2D eigenvalue weighted by Gasteiger charge is -2.35. The van der Waals surface area contributed by atoms with Crippen LogP contribution in [0.3, 0.4) is 0 Å². The number of nitrogens with zero attached hydrogens (tertiary/aromatic N) is 1. The Labute approximate surface area is 126 Å². The zero-order valence-electron chi connectivity index (χ0n) is 12.1. The van der Waals surface area contributed by atoms with Crippen LogP contribution in [0.1, 0.15) is 30.1 Å². The molecule has 0 saturated carbocycles. The van der Waals surface area contributed by atoms with E-state index in [4.69, 9.17) is 4.74 Å². The molecule has 0 amide bonds. The monoisotopic (exact) mass is 298 g/mol. The van der Waals surface area contributed by atoms with Gasteiger partial charge in [0.25, 0.3) is 0 Å². The van der Waals surface area contributed by atoms with E-state index in [2.05, 4.69) is 17.1 Å². The number of halogens is 1. The number of carbonyl (C=O) groups is 1. The first-order valence-electron chi connectivity index (χ1n) is 6.92. The number of benzene rings is 1. The van der Waals surface area contributed by atoms with Gasteiger partial charge in [-0.3, -0.25) is 0 Å². The maximum Gasteiger partial charge on any atom is 0.337 e. The van der Waals surface area contributed by atoms with Crippen molar-refractivity contribution in [3.05, 3.63) is 29.8 Å². The third-order valence-corrected chi connectivity index (χ3v) is 3.71. The smallest absolute Gasteiger partial charge is 0.337 e. The third kappa shape index (κ3) is 3.87. The Hall–Kier alpha value is -1.26. The fourth-order valence-electron chi connectivity index (χ4n) is 2.68. The number of hydrogen-bond donors (Lipinski definition) is 1. The molecule has 1 saturated heterocycles. The van der Waals surface area contributed by atoms with Gasteiger partial charge >= 0.3 is 5.97 Å². The average molecular weight is 299 g/mol. The van der Waals surface area contributed by atoms with Crippen LogP contribution in [-0.2, 0) is 4.74 Å². The van der Waals surface area contributed by atoms with E-state index in [1.165, 1.54) is 25.6 Å². The lowest BCUT2D eigenvalue weighted by molar-refractivity contribution is 0.0601. The highest BCUT2D eigenvalue weighted by Gasteiger charge is 2.20. The van der Waals surface area contributed by atoms with Crippen LogP contribution in [0, 0.1) is 0 Å². The highest BCUT2D eigenvalue weighted by atomic mass is 35.5. The summed E-state index contributed by atoms with van der Waals surface area (Å²) >= 11 is 0. The van der Waals surface area contributed by atoms with Gasteiger partial charge in [-0.25, -0.2) is 4.79 Å². The standard InChI is InChI=1S/C15H22N2O2.ClH/c1-3-17(14-8-10-16-11-9-14)13-6-4-12(5-7-13)15(18)19-2;/h4-7,14,16H,3,8-11H2,1-2H3;1H. The minimum atomic E-state index is -0.281. The summed E-state index contributed by atoms with van der Waals surface area (Å²) in [6, 6.07) is 8.29. The Morgan fingerprint density at radius 3 is 2.40 bits per heavy atom. The second-order valence-electron chi connectivity index (χ2n) is 4.81. The molecule has 4 nitrogen and oxygen atoms in total. The molecule has 2 rings (SSSR count). The molecule has 0 radical (unpaired) electrons. The Morgan fingerprint density at radius 2 is 1.90 bits per heavy atom. The van der Waals surface area contributed by atoms with Crippen LogP contribution in [0.5, 0.6) is 0 Å². The molecular formula is C15H23ClN2O2. The number of nitrogens with one attached hydrogen (secondary N) is 1. The first-order valence-corrected chi connectivity index (χ1v) is 6.92. The van der Waals surface area contributed by atoms with E-state index in [9.17, 15) is 4.79 Å². The predicted octanol–water partition coefficient (Wildman–Crippen LogP) is 2.47. The largest absolute Gasteiger partial charge is 0.465 e. The van der Waals surface area contributed by atoms with E-state index >= 15 is 0 Å². The molecule has 0 atom stereocenters. The van der Waals surface area contributed by atoms with Crippen molar-refractivity contribution in [2.75, 3.05) is 31.6 Å². The molecule has 5 heteroatoms. The number of hydrogen-bond acceptors (Lipinski definition) is 4. The minimum Gasteiger partial charge on any atom is -0.465 e. The van der Waals surface area contributed by atoms with Gasteiger partial charge in [-0.05, 0) is 57.1 Å². The molecule has 1 aromatic rings. The summed E-state index contributed by atoms with van der Waals surface area (Å²) in [7, 11) is 1.41. The van der Waals surface area contributed by atoms with Gasteiger partial charge in [-0.15, -0.1) is 12.4 Å². The minimum absolute atomic E-state index is 0. The van der Waals surface area contributed by atoms with Crippen molar-refractivity contribution in [1.82, 2.24) is 5.32 Å². The summed E-state index contributed by atoms with van der Waals surface area (Å²) in [5.41, 5.74) is 1.79. The molecule has 0 aromatic heterocycles. The second-order valence-corrected chi connectivity index (χ2v) is 4.81. The first-order chi connectivity index (χ1) is 9.26. The van der Waals surface area contributed by atoms with E-state index in [-0.39, 0.29) is 18.4 Å². The molecule has 0 bridgehead atoms. The molecule has 1 heterocycles. The Bertz CT molecular complexity index is 416. The normalized spacial score (nSPS) is 15.3. The van der Waals surface area contributed by atoms with Crippen molar-refractivity contribution in [3.63, 3.8) is 0 Å². The maximum absolute atomic E-state index is 11.4. The van der Waals surface area contributed by atoms with Gasteiger partial charge in [0.1, 0.15) is 0 Å². The zero-order valence-corrected chi connectivity index (χ0v) is 12.9. The highest BCUT2D eigenvalue weighted by molar-refractivity contribution is 5.89. The fourth-order valence-corrected chi connectivity index (χ4v) is 2.68. The van der Waals surface area contributed by atoms with Gasteiger partial charge in [-0.2, -0.15) is 0 Å². The van der Waals surface area contributed by atoms with E-state index in [1.54, 1.807) is 0 Å². The molecule has 1 aliphatic heterocycles. The van der Waals surface area contributed by atoms with Crippen LogP contribution in [0.15, 0.2) is 24.3 Å². The molecule has 0 unspecified atom stereocenters. The summed E-state index contributed by atoms with van der Waals surface area (Å²) in [4.78, 5) is 13.8. The topological polar surface area (TPSA) is 41.6 Å². The van der Waals surface area contributed by atoms with Gasteiger partial charge in [0.15, 0.2) is 0 Å². The molecule has 1 N–H and O–H groups in total. The van der Waals surface area contributed by atoms with Crippen molar-refractivity contribution in [3.8, 4) is 0 Å². The summed E-state index contributed by atoms with van der Waals surface area (Å²) < 4.78 is 4.72. The van der Waals surface area contributed by atoms with Crippen molar-refractivity contribution in [2.45, 2.75) is 25.8 Å². The van der Waals surface area contributed by atoms with Crippen LogP contribution in [0.4, 0.5) is 5.69 Å². The molecule has 0 aliphatic carbocycles. The van der Waals surface area contributed by atoms with Crippen LogP contribution in [-0.4, -0.2) is 38.8 Å². The van der Waals surface area contributed by atoms with Crippen molar-refractivity contribution < 1.29 is 9.53 Å². The SMILES string of the molecule is CCN(c1ccc(C(=O)OC)cc1)C1CCNCC1.Cl. The molecular weight excluding hydrogens is 276 g/mol. The molecule has 1 aromatic carbocycles. The van der Waals surface area contributed by atoms with Crippen molar-refractivity contribution in [2.24, 2.45) is 0 Å².